The van der Waals surface area contributed by atoms with Crippen LogP contribution in [-0.4, -0.2) is 29.2 Å². The summed E-state index contributed by atoms with van der Waals surface area (Å²) < 4.78 is 0. The third-order valence-corrected chi connectivity index (χ3v) is 4.25. The quantitative estimate of drug-likeness (QED) is 0.825. The molecule has 128 valence electrons. The van der Waals surface area contributed by atoms with Crippen LogP contribution >= 0.6 is 0 Å². The van der Waals surface area contributed by atoms with E-state index in [0.29, 0.717) is 0 Å². The molecule has 0 radical (unpaired) electrons. The third kappa shape index (κ3) is 4.32. The molecule has 1 aliphatic heterocycles. The van der Waals surface area contributed by atoms with Crippen LogP contribution in [0.25, 0.3) is 0 Å². The highest BCUT2D eigenvalue weighted by molar-refractivity contribution is 6.02. The minimum absolute atomic E-state index is 0.108. The van der Waals surface area contributed by atoms with Gasteiger partial charge >= 0.3 is 0 Å². The van der Waals surface area contributed by atoms with Crippen LogP contribution in [0.15, 0.2) is 54.6 Å². The van der Waals surface area contributed by atoms with Crippen molar-refractivity contribution < 1.29 is 14.4 Å². The van der Waals surface area contributed by atoms with Gasteiger partial charge in [0.15, 0.2) is 0 Å². The molecule has 3 rings (SSSR count). The third-order valence-electron chi connectivity index (χ3n) is 4.25. The summed E-state index contributed by atoms with van der Waals surface area (Å²) in [6.45, 7) is 0.143. The largest absolute Gasteiger partial charge is 0.326 e. The molecule has 0 atom stereocenters. The first kappa shape index (κ1) is 16.9. The molecule has 2 aromatic carbocycles. The van der Waals surface area contributed by atoms with Crippen molar-refractivity contribution in [3.05, 3.63) is 65.7 Å². The van der Waals surface area contributed by atoms with Crippen LogP contribution in [0.1, 0.15) is 30.4 Å². The Labute approximate surface area is 146 Å². The summed E-state index contributed by atoms with van der Waals surface area (Å²) in [6, 6.07) is 17.7. The fourth-order valence-corrected chi connectivity index (χ4v) is 2.91. The number of rotatable bonds is 6. The molecule has 2 aromatic rings. The van der Waals surface area contributed by atoms with Gasteiger partial charge in [-0.05, 0) is 23.6 Å². The number of hydrogen-bond acceptors (Lipinski definition) is 3. The van der Waals surface area contributed by atoms with Gasteiger partial charge in [0.1, 0.15) is 0 Å². The van der Waals surface area contributed by atoms with Gasteiger partial charge in [-0.2, -0.15) is 0 Å². The van der Waals surface area contributed by atoms with Gasteiger partial charge in [0.25, 0.3) is 0 Å². The van der Waals surface area contributed by atoms with E-state index >= 15 is 0 Å². The first-order valence-electron chi connectivity index (χ1n) is 8.38. The van der Waals surface area contributed by atoms with Gasteiger partial charge in [-0.1, -0.05) is 48.5 Å². The molecule has 0 aliphatic carbocycles. The molecule has 1 saturated heterocycles. The number of para-hydroxylation sites is 1. The number of anilines is 1. The van der Waals surface area contributed by atoms with Gasteiger partial charge < -0.3 is 5.32 Å². The maximum absolute atomic E-state index is 12.2. The van der Waals surface area contributed by atoms with Crippen molar-refractivity contribution in [2.24, 2.45) is 0 Å². The Hall–Kier alpha value is -2.95. The Morgan fingerprint density at radius 1 is 0.920 bits per heavy atom. The first-order valence-corrected chi connectivity index (χ1v) is 8.38. The topological polar surface area (TPSA) is 66.5 Å². The lowest BCUT2D eigenvalue weighted by molar-refractivity contribution is -0.138. The molecule has 0 spiro atoms. The second-order valence-corrected chi connectivity index (χ2v) is 6.06. The van der Waals surface area contributed by atoms with E-state index in [1.54, 1.807) is 0 Å². The Bertz CT molecular complexity index is 771. The predicted molar refractivity (Wildman–Crippen MR) is 94.9 cm³/mol. The van der Waals surface area contributed by atoms with Gasteiger partial charge in [-0.25, -0.2) is 0 Å². The highest BCUT2D eigenvalue weighted by Gasteiger charge is 2.28. The number of likely N-dealkylation sites (tertiary alicyclic amines) is 1. The summed E-state index contributed by atoms with van der Waals surface area (Å²) >= 11 is 0. The Morgan fingerprint density at radius 3 is 2.28 bits per heavy atom. The summed E-state index contributed by atoms with van der Waals surface area (Å²) in [4.78, 5) is 36.6. The fourth-order valence-electron chi connectivity index (χ4n) is 2.91. The van der Waals surface area contributed by atoms with Gasteiger partial charge in [-0.3, -0.25) is 19.3 Å². The van der Waals surface area contributed by atoms with E-state index in [1.807, 2.05) is 54.6 Å². The summed E-state index contributed by atoms with van der Waals surface area (Å²) in [5, 5.41) is 2.90. The van der Waals surface area contributed by atoms with Crippen LogP contribution in [0.5, 0.6) is 0 Å². The van der Waals surface area contributed by atoms with Crippen molar-refractivity contribution in [1.29, 1.82) is 0 Å². The summed E-state index contributed by atoms with van der Waals surface area (Å²) in [6.07, 6.45) is 1.33. The zero-order valence-electron chi connectivity index (χ0n) is 13.9. The molecule has 0 bridgehead atoms. The highest BCUT2D eigenvalue weighted by Crippen LogP contribution is 2.19. The van der Waals surface area contributed by atoms with Crippen molar-refractivity contribution in [3.8, 4) is 0 Å². The van der Waals surface area contributed by atoms with Crippen molar-refractivity contribution >= 4 is 23.4 Å². The molecule has 1 N–H and O–H groups in total. The van der Waals surface area contributed by atoms with Crippen LogP contribution in [-0.2, 0) is 20.8 Å². The zero-order valence-corrected chi connectivity index (χ0v) is 13.9. The molecule has 0 unspecified atom stereocenters. The SMILES string of the molecule is O=C(CCN1C(=O)CCC1=O)Nc1ccccc1Cc1ccccc1. The molecular weight excluding hydrogens is 316 g/mol. The predicted octanol–water partition coefficient (Wildman–Crippen LogP) is 2.76. The molecule has 0 aromatic heterocycles. The van der Waals surface area contributed by atoms with E-state index < -0.39 is 0 Å². The molecule has 0 saturated carbocycles. The van der Waals surface area contributed by atoms with E-state index in [2.05, 4.69) is 5.32 Å². The normalized spacial score (nSPS) is 14.0. The summed E-state index contributed by atoms with van der Waals surface area (Å²) in [5.41, 5.74) is 2.95. The Morgan fingerprint density at radius 2 is 1.56 bits per heavy atom. The Balaban J connectivity index is 1.61. The molecule has 25 heavy (non-hydrogen) atoms. The second kappa shape index (κ2) is 7.75. The lowest BCUT2D eigenvalue weighted by atomic mass is 10.0. The minimum Gasteiger partial charge on any atom is -0.326 e. The highest BCUT2D eigenvalue weighted by atomic mass is 16.2. The molecule has 1 fully saturated rings. The van der Waals surface area contributed by atoms with Gasteiger partial charge in [0.2, 0.25) is 17.7 Å². The number of nitrogens with one attached hydrogen (secondary N) is 1. The lowest BCUT2D eigenvalue weighted by Crippen LogP contribution is -2.32. The second-order valence-electron chi connectivity index (χ2n) is 6.06. The monoisotopic (exact) mass is 336 g/mol. The lowest BCUT2D eigenvalue weighted by Gasteiger charge is -2.14. The molecule has 5 nitrogen and oxygen atoms in total. The fraction of sp³-hybridized carbons (Fsp3) is 0.250. The summed E-state index contributed by atoms with van der Waals surface area (Å²) in [5.74, 6) is -0.586. The first-order chi connectivity index (χ1) is 12.1. The zero-order chi connectivity index (χ0) is 17.6. The number of carbonyl (C=O) groups is 3. The van der Waals surface area contributed by atoms with E-state index in [1.165, 1.54) is 4.90 Å². The van der Waals surface area contributed by atoms with Crippen LogP contribution in [0, 0.1) is 0 Å². The maximum atomic E-state index is 12.2. The standard InChI is InChI=1S/C20H20N2O3/c23-18(12-13-22-19(24)10-11-20(22)25)21-17-9-5-4-8-16(17)14-15-6-2-1-3-7-15/h1-9H,10-14H2,(H,21,23). The van der Waals surface area contributed by atoms with Crippen LogP contribution < -0.4 is 5.32 Å². The number of amides is 3. The van der Waals surface area contributed by atoms with Gasteiger partial charge in [0, 0.05) is 31.5 Å². The molecule has 5 heteroatoms. The van der Waals surface area contributed by atoms with E-state index in [0.717, 1.165) is 23.2 Å². The average molecular weight is 336 g/mol. The van der Waals surface area contributed by atoms with Crippen LogP contribution in [0.3, 0.4) is 0 Å². The van der Waals surface area contributed by atoms with Crippen molar-refractivity contribution in [1.82, 2.24) is 4.90 Å². The number of nitrogens with zero attached hydrogens (tertiary/aromatic N) is 1. The van der Waals surface area contributed by atoms with E-state index in [-0.39, 0.29) is 43.5 Å². The van der Waals surface area contributed by atoms with Crippen LogP contribution in [0.4, 0.5) is 5.69 Å². The molecule has 1 aliphatic rings. The van der Waals surface area contributed by atoms with E-state index in [9.17, 15) is 14.4 Å². The number of carbonyl (C=O) groups excluding carboxylic acids is 3. The van der Waals surface area contributed by atoms with Crippen molar-refractivity contribution in [3.63, 3.8) is 0 Å². The average Bonchev–Trinajstić information content (AvgIpc) is 2.94. The number of imide groups is 1. The van der Waals surface area contributed by atoms with Crippen molar-refractivity contribution in [2.45, 2.75) is 25.7 Å². The van der Waals surface area contributed by atoms with Gasteiger partial charge in [0.05, 0.1) is 0 Å². The number of hydrogen-bond donors (Lipinski definition) is 1. The minimum atomic E-state index is -0.201. The van der Waals surface area contributed by atoms with E-state index in [4.69, 9.17) is 0 Å². The van der Waals surface area contributed by atoms with Crippen molar-refractivity contribution in [2.75, 3.05) is 11.9 Å². The molecule has 3 amide bonds. The molecule has 1 heterocycles. The van der Waals surface area contributed by atoms with Crippen LogP contribution in [0.2, 0.25) is 0 Å². The summed E-state index contributed by atoms with van der Waals surface area (Å²) in [7, 11) is 0. The molecular formula is C20H20N2O3. The smallest absolute Gasteiger partial charge is 0.229 e. The maximum Gasteiger partial charge on any atom is 0.229 e. The number of benzene rings is 2. The Kier molecular flexibility index (Phi) is 5.23. The van der Waals surface area contributed by atoms with Gasteiger partial charge in [-0.15, -0.1) is 0 Å².